The lowest BCUT2D eigenvalue weighted by Gasteiger charge is -2.40. The van der Waals surface area contributed by atoms with Crippen LogP contribution in [0.25, 0.3) is 0 Å². The first kappa shape index (κ1) is 23.8. The summed E-state index contributed by atoms with van der Waals surface area (Å²) in [5, 5.41) is 11.6. The zero-order valence-corrected chi connectivity index (χ0v) is 17.9. The summed E-state index contributed by atoms with van der Waals surface area (Å²) in [6.45, 7) is 6.93. The number of rotatable bonds is 9. The van der Waals surface area contributed by atoms with Crippen molar-refractivity contribution in [2.45, 2.75) is 58.3 Å². The van der Waals surface area contributed by atoms with Gasteiger partial charge in [0, 0.05) is 5.54 Å². The van der Waals surface area contributed by atoms with Gasteiger partial charge >= 0.3 is 12.1 Å². The number of ether oxygens (including phenoxy) is 1. The molecule has 28 heavy (non-hydrogen) atoms. The second kappa shape index (κ2) is 10.9. The molecule has 1 aromatic rings. The smallest absolute Gasteiger partial charge is 0.411 e. The Hall–Kier alpha value is -2.22. The lowest BCUT2D eigenvalue weighted by molar-refractivity contribution is -0.142. The summed E-state index contributed by atoms with van der Waals surface area (Å²) in [5.41, 5.74) is 0.148. The summed E-state index contributed by atoms with van der Waals surface area (Å²) in [7, 11) is 0. The van der Waals surface area contributed by atoms with Gasteiger partial charge in [-0.2, -0.15) is 11.8 Å². The second-order valence-corrected chi connectivity index (χ2v) is 8.43. The third-order valence-corrected chi connectivity index (χ3v) is 4.71. The predicted octanol–water partition coefficient (Wildman–Crippen LogP) is 3.13. The summed E-state index contributed by atoms with van der Waals surface area (Å²) in [4.78, 5) is 38.2. The molecule has 0 radical (unpaired) electrons. The monoisotopic (exact) mass is 410 g/mol. The van der Waals surface area contributed by atoms with Crippen LogP contribution in [0.1, 0.15) is 39.7 Å². The van der Waals surface area contributed by atoms with Crippen LogP contribution >= 0.6 is 11.8 Å². The van der Waals surface area contributed by atoms with Gasteiger partial charge < -0.3 is 15.2 Å². The van der Waals surface area contributed by atoms with E-state index in [9.17, 15) is 14.4 Å². The fraction of sp³-hybridized carbons (Fsp3) is 0.550. The summed E-state index contributed by atoms with van der Waals surface area (Å²) in [6.07, 6.45) is 1.68. The van der Waals surface area contributed by atoms with Crippen molar-refractivity contribution in [3.05, 3.63) is 35.9 Å². The summed E-state index contributed by atoms with van der Waals surface area (Å²) >= 11 is 1.55. The topological polar surface area (TPSA) is 95.9 Å². The highest BCUT2D eigenvalue weighted by Crippen LogP contribution is 2.22. The number of nitrogens with zero attached hydrogens (tertiary/aromatic N) is 1. The number of carboxylic acids is 1. The Kier molecular flexibility index (Phi) is 9.31. The number of carboxylic acid groups (broad SMARTS) is 1. The van der Waals surface area contributed by atoms with E-state index in [0.29, 0.717) is 12.2 Å². The Morgan fingerprint density at radius 3 is 2.32 bits per heavy atom. The minimum absolute atomic E-state index is 0.0919. The molecule has 0 fully saturated rings. The van der Waals surface area contributed by atoms with Crippen LogP contribution in [0.2, 0.25) is 0 Å². The van der Waals surface area contributed by atoms with Gasteiger partial charge in [0.15, 0.2) is 0 Å². The van der Waals surface area contributed by atoms with Crippen LogP contribution in [0, 0.1) is 0 Å². The van der Waals surface area contributed by atoms with Gasteiger partial charge in [-0.05, 0) is 51.7 Å². The summed E-state index contributed by atoms with van der Waals surface area (Å²) in [6, 6.07) is 7.39. The van der Waals surface area contributed by atoms with Crippen LogP contribution in [0.15, 0.2) is 30.3 Å². The standard InChI is InChI=1S/C20H30N2O5S/c1-14(18(24)25)21-17(23)16(11-12-28-5)22(20(2,3)4)19(26)27-13-15-9-7-6-8-10-15/h6-10,14,16H,11-13H2,1-5H3,(H,21,23)(H,24,25)/t14-,16-/m1/s1. The fourth-order valence-corrected chi connectivity index (χ4v) is 3.09. The maximum absolute atomic E-state index is 12.9. The van der Waals surface area contributed by atoms with Crippen LogP contribution in [0.5, 0.6) is 0 Å². The molecule has 1 rings (SSSR count). The quantitative estimate of drug-likeness (QED) is 0.649. The Morgan fingerprint density at radius 2 is 1.82 bits per heavy atom. The number of hydrogen-bond acceptors (Lipinski definition) is 5. The number of nitrogens with one attached hydrogen (secondary N) is 1. The van der Waals surface area contributed by atoms with Gasteiger partial charge in [-0.3, -0.25) is 14.5 Å². The highest BCUT2D eigenvalue weighted by Gasteiger charge is 2.39. The molecular weight excluding hydrogens is 380 g/mol. The van der Waals surface area contributed by atoms with E-state index in [4.69, 9.17) is 9.84 Å². The van der Waals surface area contributed by atoms with Crippen LogP contribution in [0.4, 0.5) is 4.79 Å². The molecule has 8 heteroatoms. The number of benzene rings is 1. The normalized spacial score (nSPS) is 13.3. The van der Waals surface area contributed by atoms with Crippen LogP contribution < -0.4 is 5.32 Å². The Bertz CT molecular complexity index is 660. The zero-order valence-electron chi connectivity index (χ0n) is 17.1. The van der Waals surface area contributed by atoms with Gasteiger partial charge in [0.25, 0.3) is 0 Å². The van der Waals surface area contributed by atoms with E-state index in [2.05, 4.69) is 5.32 Å². The lowest BCUT2D eigenvalue weighted by Crippen LogP contribution is -2.58. The molecule has 156 valence electrons. The second-order valence-electron chi connectivity index (χ2n) is 7.45. The molecule has 0 saturated heterocycles. The summed E-state index contributed by atoms with van der Waals surface area (Å²) < 4.78 is 5.46. The molecule has 1 aromatic carbocycles. The molecule has 0 aliphatic rings. The van der Waals surface area contributed by atoms with Crippen molar-refractivity contribution in [2.24, 2.45) is 0 Å². The molecule has 0 heterocycles. The van der Waals surface area contributed by atoms with Gasteiger partial charge in [-0.15, -0.1) is 0 Å². The van der Waals surface area contributed by atoms with Crippen molar-refractivity contribution in [3.63, 3.8) is 0 Å². The Labute approximate surface area is 170 Å². The number of hydrogen-bond donors (Lipinski definition) is 2. The van der Waals surface area contributed by atoms with E-state index in [1.165, 1.54) is 11.8 Å². The first-order valence-corrected chi connectivity index (χ1v) is 10.5. The lowest BCUT2D eigenvalue weighted by atomic mass is 10.0. The highest BCUT2D eigenvalue weighted by molar-refractivity contribution is 7.98. The third kappa shape index (κ3) is 7.42. The zero-order chi connectivity index (χ0) is 21.3. The first-order chi connectivity index (χ1) is 13.1. The van der Waals surface area contributed by atoms with E-state index in [0.717, 1.165) is 5.56 Å². The SMILES string of the molecule is CSCC[C@H](C(=O)N[C@H](C)C(=O)O)N(C(=O)OCc1ccccc1)C(C)(C)C. The van der Waals surface area contributed by atoms with Crippen LogP contribution in [0.3, 0.4) is 0 Å². The van der Waals surface area contributed by atoms with Gasteiger partial charge in [-0.25, -0.2) is 4.79 Å². The molecule has 0 aromatic heterocycles. The van der Waals surface area contributed by atoms with E-state index in [1.807, 2.05) is 57.4 Å². The molecular formula is C20H30N2O5S. The minimum Gasteiger partial charge on any atom is -0.480 e. The maximum Gasteiger partial charge on any atom is 0.411 e. The molecule has 2 atom stereocenters. The number of thioether (sulfide) groups is 1. The van der Waals surface area contributed by atoms with E-state index < -0.39 is 35.6 Å². The number of carbonyl (C=O) groups excluding carboxylic acids is 2. The molecule has 7 nitrogen and oxygen atoms in total. The van der Waals surface area contributed by atoms with E-state index in [-0.39, 0.29) is 6.61 Å². The van der Waals surface area contributed by atoms with Crippen molar-refractivity contribution in [3.8, 4) is 0 Å². The van der Waals surface area contributed by atoms with Gasteiger partial charge in [0.1, 0.15) is 18.7 Å². The molecule has 2 N–H and O–H groups in total. The average molecular weight is 411 g/mol. The molecule has 0 bridgehead atoms. The van der Waals surface area contributed by atoms with Crippen molar-refractivity contribution in [2.75, 3.05) is 12.0 Å². The Balaban J connectivity index is 3.03. The molecule has 0 unspecified atom stereocenters. The molecule has 0 aliphatic heterocycles. The number of carbonyl (C=O) groups is 3. The van der Waals surface area contributed by atoms with Crippen molar-refractivity contribution >= 4 is 29.7 Å². The third-order valence-electron chi connectivity index (χ3n) is 4.06. The van der Waals surface area contributed by atoms with Crippen molar-refractivity contribution < 1.29 is 24.2 Å². The molecule has 0 spiro atoms. The van der Waals surface area contributed by atoms with Crippen molar-refractivity contribution in [1.29, 1.82) is 0 Å². The largest absolute Gasteiger partial charge is 0.480 e. The number of amides is 2. The molecule has 2 amide bonds. The molecule has 0 aliphatic carbocycles. The van der Waals surface area contributed by atoms with E-state index in [1.54, 1.807) is 11.8 Å². The van der Waals surface area contributed by atoms with Crippen LogP contribution in [-0.2, 0) is 20.9 Å². The number of aliphatic carboxylic acids is 1. The summed E-state index contributed by atoms with van der Waals surface area (Å²) in [5.74, 6) is -1.00. The van der Waals surface area contributed by atoms with Gasteiger partial charge in [0.2, 0.25) is 5.91 Å². The predicted molar refractivity (Wildman–Crippen MR) is 110 cm³/mol. The van der Waals surface area contributed by atoms with Gasteiger partial charge in [-0.1, -0.05) is 30.3 Å². The molecule has 0 saturated carbocycles. The highest BCUT2D eigenvalue weighted by atomic mass is 32.2. The Morgan fingerprint density at radius 1 is 1.21 bits per heavy atom. The van der Waals surface area contributed by atoms with E-state index >= 15 is 0 Å². The minimum atomic E-state index is -1.13. The van der Waals surface area contributed by atoms with Gasteiger partial charge in [0.05, 0.1) is 0 Å². The first-order valence-electron chi connectivity index (χ1n) is 9.10. The fourth-order valence-electron chi connectivity index (χ4n) is 2.64. The van der Waals surface area contributed by atoms with Crippen molar-refractivity contribution in [1.82, 2.24) is 10.2 Å². The maximum atomic E-state index is 12.9. The van der Waals surface area contributed by atoms with Crippen LogP contribution in [-0.4, -0.2) is 57.6 Å². The average Bonchev–Trinajstić information content (AvgIpc) is 2.62.